The van der Waals surface area contributed by atoms with Crippen LogP contribution in [0.1, 0.15) is 12.0 Å². The molecule has 7 heteroatoms. The average Bonchev–Trinajstić information content (AvgIpc) is 2.89. The van der Waals surface area contributed by atoms with Crippen molar-refractivity contribution in [2.24, 2.45) is 0 Å². The number of amides is 2. The number of benzene rings is 2. The zero-order chi connectivity index (χ0) is 22.6. The molecular weight excluding hydrogens is 418 g/mol. The predicted molar refractivity (Wildman–Crippen MR) is 125 cm³/mol. The maximum atomic E-state index is 12.9. The Morgan fingerprint density at radius 2 is 1.55 bits per heavy atom. The maximum absolute atomic E-state index is 12.9. The molecule has 2 aromatic rings. The molecule has 0 radical (unpaired) electrons. The van der Waals surface area contributed by atoms with Crippen molar-refractivity contribution in [1.29, 1.82) is 0 Å². The lowest BCUT2D eigenvalue weighted by atomic mass is 9.99. The maximum Gasteiger partial charge on any atom is 0.267 e. The second-order valence-corrected chi connectivity index (χ2v) is 8.65. The minimum Gasteiger partial charge on any atom is -0.485 e. The highest BCUT2D eigenvalue weighted by Crippen LogP contribution is 2.31. The SMILES string of the molecule is O=C(CN1CC=C(c2ccccc2)CC1)N1CCN(C(=O)C2COc3ccccc3O2)CC1. The Hall–Kier alpha value is -3.32. The first-order valence-electron chi connectivity index (χ1n) is 11.6. The minimum absolute atomic E-state index is 0.0776. The number of nitrogens with zero attached hydrogens (tertiary/aromatic N) is 3. The molecule has 3 aliphatic heterocycles. The van der Waals surface area contributed by atoms with Crippen molar-refractivity contribution in [2.75, 3.05) is 52.4 Å². The van der Waals surface area contributed by atoms with Crippen LogP contribution in [-0.2, 0) is 9.59 Å². The number of hydrogen-bond donors (Lipinski definition) is 0. The van der Waals surface area contributed by atoms with E-state index in [0.717, 1.165) is 19.5 Å². The van der Waals surface area contributed by atoms with E-state index >= 15 is 0 Å². The number of para-hydroxylation sites is 2. The molecule has 3 aliphatic rings. The molecule has 1 fully saturated rings. The molecule has 2 aromatic carbocycles. The molecule has 3 heterocycles. The van der Waals surface area contributed by atoms with Gasteiger partial charge in [-0.25, -0.2) is 0 Å². The van der Waals surface area contributed by atoms with Crippen LogP contribution >= 0.6 is 0 Å². The highest BCUT2D eigenvalue weighted by Gasteiger charge is 2.33. The zero-order valence-corrected chi connectivity index (χ0v) is 18.7. The molecule has 33 heavy (non-hydrogen) atoms. The number of fused-ring (bicyclic) bond motifs is 1. The Kier molecular flexibility index (Phi) is 6.30. The van der Waals surface area contributed by atoms with E-state index in [4.69, 9.17) is 9.47 Å². The third-order valence-electron chi connectivity index (χ3n) is 6.52. The lowest BCUT2D eigenvalue weighted by molar-refractivity contribution is -0.146. The van der Waals surface area contributed by atoms with Gasteiger partial charge in [-0.15, -0.1) is 0 Å². The molecule has 5 rings (SSSR count). The summed E-state index contributed by atoms with van der Waals surface area (Å²) in [6, 6.07) is 17.8. The van der Waals surface area contributed by atoms with Gasteiger partial charge < -0.3 is 19.3 Å². The molecule has 0 spiro atoms. The third kappa shape index (κ3) is 4.88. The standard InChI is InChI=1S/C26H29N3O4/c30-25(18-27-12-10-21(11-13-27)20-6-2-1-3-7-20)28-14-16-29(17-15-28)26(31)24-19-32-22-8-4-5-9-23(22)33-24/h1-10,24H,11-19H2. The summed E-state index contributed by atoms with van der Waals surface area (Å²) < 4.78 is 11.5. The highest BCUT2D eigenvalue weighted by molar-refractivity contribution is 5.83. The summed E-state index contributed by atoms with van der Waals surface area (Å²) in [5.41, 5.74) is 2.61. The minimum atomic E-state index is -0.638. The van der Waals surface area contributed by atoms with Crippen LogP contribution in [0, 0.1) is 0 Å². The number of ether oxygens (including phenoxy) is 2. The van der Waals surface area contributed by atoms with Gasteiger partial charge in [-0.2, -0.15) is 0 Å². The van der Waals surface area contributed by atoms with E-state index in [1.807, 2.05) is 35.2 Å². The fraction of sp³-hybridized carbons (Fsp3) is 0.385. The molecule has 0 saturated carbocycles. The number of carbonyl (C=O) groups is 2. The molecule has 0 N–H and O–H groups in total. The van der Waals surface area contributed by atoms with Crippen LogP contribution in [0.2, 0.25) is 0 Å². The van der Waals surface area contributed by atoms with Gasteiger partial charge in [-0.1, -0.05) is 48.5 Å². The number of rotatable bonds is 4. The van der Waals surface area contributed by atoms with Crippen LogP contribution in [-0.4, -0.2) is 85.0 Å². The lowest BCUT2D eigenvalue weighted by Gasteiger charge is -2.38. The molecule has 1 saturated heterocycles. The van der Waals surface area contributed by atoms with Crippen molar-refractivity contribution >= 4 is 17.4 Å². The number of piperazine rings is 1. The summed E-state index contributed by atoms with van der Waals surface area (Å²) in [7, 11) is 0. The first-order chi connectivity index (χ1) is 16.2. The quantitative estimate of drug-likeness (QED) is 0.720. The summed E-state index contributed by atoms with van der Waals surface area (Å²) in [5.74, 6) is 1.32. The van der Waals surface area contributed by atoms with E-state index in [2.05, 4.69) is 35.2 Å². The Bertz CT molecular complexity index is 1030. The summed E-state index contributed by atoms with van der Waals surface area (Å²) in [6.45, 7) is 4.43. The Balaban J connectivity index is 1.09. The van der Waals surface area contributed by atoms with E-state index < -0.39 is 6.10 Å². The van der Waals surface area contributed by atoms with Gasteiger partial charge >= 0.3 is 0 Å². The van der Waals surface area contributed by atoms with Crippen LogP contribution in [0.5, 0.6) is 11.5 Å². The topological polar surface area (TPSA) is 62.3 Å². The normalized spacial score (nSPS) is 20.8. The van der Waals surface area contributed by atoms with E-state index in [1.54, 1.807) is 4.90 Å². The fourth-order valence-electron chi connectivity index (χ4n) is 4.58. The van der Waals surface area contributed by atoms with Crippen LogP contribution < -0.4 is 9.47 Å². The van der Waals surface area contributed by atoms with Crippen molar-refractivity contribution < 1.29 is 19.1 Å². The number of hydrogen-bond acceptors (Lipinski definition) is 5. The van der Waals surface area contributed by atoms with Crippen molar-refractivity contribution in [1.82, 2.24) is 14.7 Å². The summed E-state index contributed by atoms with van der Waals surface area (Å²) >= 11 is 0. The van der Waals surface area contributed by atoms with Gasteiger partial charge in [0.05, 0.1) is 6.54 Å². The summed E-state index contributed by atoms with van der Waals surface area (Å²) in [5, 5.41) is 0. The Morgan fingerprint density at radius 1 is 0.848 bits per heavy atom. The Morgan fingerprint density at radius 3 is 2.27 bits per heavy atom. The molecule has 1 unspecified atom stereocenters. The van der Waals surface area contributed by atoms with Gasteiger partial charge in [0.2, 0.25) is 12.0 Å². The molecule has 0 aromatic heterocycles. The monoisotopic (exact) mass is 447 g/mol. The molecule has 7 nitrogen and oxygen atoms in total. The first-order valence-corrected chi connectivity index (χ1v) is 11.6. The zero-order valence-electron chi connectivity index (χ0n) is 18.7. The molecular formula is C26H29N3O4. The van der Waals surface area contributed by atoms with Crippen LogP contribution in [0.4, 0.5) is 0 Å². The van der Waals surface area contributed by atoms with Crippen LogP contribution in [0.25, 0.3) is 5.57 Å². The van der Waals surface area contributed by atoms with E-state index in [0.29, 0.717) is 44.2 Å². The van der Waals surface area contributed by atoms with Crippen LogP contribution in [0.15, 0.2) is 60.7 Å². The first kappa shape index (κ1) is 21.5. The van der Waals surface area contributed by atoms with Crippen molar-refractivity contribution in [3.8, 4) is 11.5 Å². The Labute approximate surface area is 194 Å². The van der Waals surface area contributed by atoms with Gasteiger partial charge in [0.25, 0.3) is 5.91 Å². The fourth-order valence-corrected chi connectivity index (χ4v) is 4.58. The van der Waals surface area contributed by atoms with Crippen molar-refractivity contribution in [3.05, 3.63) is 66.2 Å². The molecule has 0 aliphatic carbocycles. The van der Waals surface area contributed by atoms with Gasteiger partial charge in [0.15, 0.2) is 11.5 Å². The van der Waals surface area contributed by atoms with Crippen molar-refractivity contribution in [2.45, 2.75) is 12.5 Å². The van der Waals surface area contributed by atoms with Gasteiger partial charge in [0, 0.05) is 39.3 Å². The average molecular weight is 448 g/mol. The van der Waals surface area contributed by atoms with Gasteiger partial charge in [-0.3, -0.25) is 14.5 Å². The summed E-state index contributed by atoms with van der Waals surface area (Å²) in [6.07, 6.45) is 2.54. The van der Waals surface area contributed by atoms with Crippen LogP contribution in [0.3, 0.4) is 0 Å². The second kappa shape index (κ2) is 9.67. The van der Waals surface area contributed by atoms with E-state index in [-0.39, 0.29) is 18.4 Å². The largest absolute Gasteiger partial charge is 0.485 e. The molecule has 0 bridgehead atoms. The van der Waals surface area contributed by atoms with E-state index in [9.17, 15) is 9.59 Å². The molecule has 1 atom stereocenters. The van der Waals surface area contributed by atoms with Gasteiger partial charge in [0.1, 0.15) is 6.61 Å². The second-order valence-electron chi connectivity index (χ2n) is 8.65. The smallest absolute Gasteiger partial charge is 0.267 e. The number of carbonyl (C=O) groups excluding carboxylic acids is 2. The van der Waals surface area contributed by atoms with Crippen molar-refractivity contribution in [3.63, 3.8) is 0 Å². The molecule has 172 valence electrons. The van der Waals surface area contributed by atoms with Gasteiger partial charge in [-0.05, 0) is 29.7 Å². The lowest BCUT2D eigenvalue weighted by Crippen LogP contribution is -2.56. The predicted octanol–water partition coefficient (Wildman–Crippen LogP) is 2.29. The summed E-state index contributed by atoms with van der Waals surface area (Å²) in [4.78, 5) is 31.6. The van der Waals surface area contributed by atoms with E-state index in [1.165, 1.54) is 11.1 Å². The highest BCUT2D eigenvalue weighted by atomic mass is 16.6. The third-order valence-corrected chi connectivity index (χ3v) is 6.52. The molecule has 2 amide bonds.